The molecule has 0 saturated carbocycles. The summed E-state index contributed by atoms with van der Waals surface area (Å²) in [4.78, 5) is 10.0. The summed E-state index contributed by atoms with van der Waals surface area (Å²) in [7, 11) is 0. The molecular formula is C43H27N3OS. The molecule has 2 aromatic heterocycles. The highest BCUT2D eigenvalue weighted by atomic mass is 32.1. The second kappa shape index (κ2) is 10.5. The molecule has 3 heterocycles. The van der Waals surface area contributed by atoms with Crippen LogP contribution < -0.4 is 4.74 Å². The highest BCUT2D eigenvalue weighted by Crippen LogP contribution is 2.47. The molecule has 0 fully saturated rings. The molecule has 0 saturated heterocycles. The minimum atomic E-state index is 0.395. The van der Waals surface area contributed by atoms with Crippen molar-refractivity contribution in [2.24, 2.45) is 9.98 Å². The summed E-state index contributed by atoms with van der Waals surface area (Å²) >= 11 is 1.87. The van der Waals surface area contributed by atoms with Crippen molar-refractivity contribution in [3.05, 3.63) is 156 Å². The van der Waals surface area contributed by atoms with Gasteiger partial charge >= 0.3 is 0 Å². The van der Waals surface area contributed by atoms with E-state index in [-0.39, 0.29) is 0 Å². The van der Waals surface area contributed by atoms with Gasteiger partial charge in [0.15, 0.2) is 5.76 Å². The van der Waals surface area contributed by atoms with Gasteiger partial charge in [-0.3, -0.25) is 9.98 Å². The van der Waals surface area contributed by atoms with Crippen molar-refractivity contribution >= 4 is 93.0 Å². The van der Waals surface area contributed by atoms with Crippen molar-refractivity contribution in [2.75, 3.05) is 0 Å². The van der Waals surface area contributed by atoms with Crippen LogP contribution in [0, 0.1) is 0 Å². The van der Waals surface area contributed by atoms with Crippen molar-refractivity contribution < 1.29 is 4.74 Å². The Morgan fingerprint density at radius 1 is 0.646 bits per heavy atom. The molecule has 0 unspecified atom stereocenters. The zero-order valence-electron chi connectivity index (χ0n) is 25.9. The van der Waals surface area contributed by atoms with Crippen LogP contribution in [0.3, 0.4) is 0 Å². The number of para-hydroxylation sites is 1. The Balaban J connectivity index is 1.31. The van der Waals surface area contributed by atoms with E-state index in [9.17, 15) is 0 Å². The van der Waals surface area contributed by atoms with Gasteiger partial charge in [-0.05, 0) is 41.1 Å². The average Bonchev–Trinajstić information content (AvgIpc) is 3.82. The largest absolute Gasteiger partial charge is 0.452 e. The summed E-state index contributed by atoms with van der Waals surface area (Å²) in [6.07, 6.45) is 0. The minimum Gasteiger partial charge on any atom is -0.452 e. The number of aliphatic imine (C=N–C) groups is 2. The first-order valence-corrected chi connectivity index (χ1v) is 16.9. The van der Waals surface area contributed by atoms with Crippen molar-refractivity contribution in [1.82, 2.24) is 4.57 Å². The van der Waals surface area contributed by atoms with Crippen LogP contribution >= 0.6 is 11.3 Å². The zero-order chi connectivity index (χ0) is 31.8. The Morgan fingerprint density at radius 2 is 1.33 bits per heavy atom. The van der Waals surface area contributed by atoms with E-state index in [1.165, 1.54) is 47.2 Å². The van der Waals surface area contributed by atoms with Crippen LogP contribution in [-0.4, -0.2) is 17.0 Å². The van der Waals surface area contributed by atoms with Gasteiger partial charge in [-0.25, -0.2) is 0 Å². The van der Waals surface area contributed by atoms with E-state index in [4.69, 9.17) is 9.73 Å². The molecular weight excluding hydrogens is 607 g/mol. The third-order valence-corrected chi connectivity index (χ3v) is 10.8. The third kappa shape index (κ3) is 3.82. The standard InChI is InChI=1S/C43H27N3OS/c1-44-39(27-14-3-2-4-15-27)42-40(37-28-16-6-5-13-26(28)23-24-34(37)47-42)45-25-46-33-21-11-9-19-31(33)36-29-17-7-8-18-30(29)43-38(41(36)46)32-20-10-12-22-35(32)48-43/h2-24H,1,25H2/b42-39+,45-40-. The molecule has 0 aliphatic carbocycles. The van der Waals surface area contributed by atoms with Crippen LogP contribution in [0.4, 0.5) is 0 Å². The minimum absolute atomic E-state index is 0.395. The Morgan fingerprint density at radius 3 is 2.17 bits per heavy atom. The van der Waals surface area contributed by atoms with E-state index in [0.29, 0.717) is 18.1 Å². The van der Waals surface area contributed by atoms with Crippen LogP contribution in [0.25, 0.3) is 69.2 Å². The lowest BCUT2D eigenvalue weighted by Gasteiger charge is -2.11. The Bertz CT molecular complexity index is 2860. The molecule has 9 aromatic rings. The normalized spacial score (nSPS) is 14.9. The number of hydrogen-bond donors (Lipinski definition) is 0. The van der Waals surface area contributed by atoms with Crippen molar-refractivity contribution in [3.8, 4) is 5.75 Å². The van der Waals surface area contributed by atoms with Gasteiger partial charge in [0.25, 0.3) is 0 Å². The predicted molar refractivity (Wildman–Crippen MR) is 204 cm³/mol. The van der Waals surface area contributed by atoms with Crippen molar-refractivity contribution in [3.63, 3.8) is 0 Å². The Kier molecular flexibility index (Phi) is 5.92. The summed E-state index contributed by atoms with van der Waals surface area (Å²) in [5, 5.41) is 9.82. The molecule has 0 radical (unpaired) electrons. The first-order valence-electron chi connectivity index (χ1n) is 16.0. The highest BCUT2D eigenvalue weighted by molar-refractivity contribution is 7.27. The third-order valence-electron chi connectivity index (χ3n) is 9.59. The van der Waals surface area contributed by atoms with E-state index < -0.39 is 0 Å². The molecule has 4 nitrogen and oxygen atoms in total. The fourth-order valence-corrected chi connectivity index (χ4v) is 8.79. The van der Waals surface area contributed by atoms with Crippen LogP contribution in [-0.2, 0) is 6.67 Å². The molecule has 0 atom stereocenters. The van der Waals surface area contributed by atoms with Crippen LogP contribution in [0.15, 0.2) is 155 Å². The van der Waals surface area contributed by atoms with E-state index >= 15 is 0 Å². The first kappa shape index (κ1) is 27.1. The summed E-state index contributed by atoms with van der Waals surface area (Å²) in [5.41, 5.74) is 5.73. The summed E-state index contributed by atoms with van der Waals surface area (Å²) in [6.45, 7) is 4.37. The number of benzene rings is 7. The molecule has 7 aromatic carbocycles. The monoisotopic (exact) mass is 633 g/mol. The van der Waals surface area contributed by atoms with Gasteiger partial charge in [0.1, 0.15) is 23.8 Å². The predicted octanol–water partition coefficient (Wildman–Crippen LogP) is 11.4. The van der Waals surface area contributed by atoms with E-state index in [2.05, 4.69) is 119 Å². The number of nitrogens with zero attached hydrogens (tertiary/aromatic N) is 3. The number of hydrogen-bond acceptors (Lipinski definition) is 4. The van der Waals surface area contributed by atoms with Gasteiger partial charge in [-0.1, -0.05) is 121 Å². The molecule has 48 heavy (non-hydrogen) atoms. The highest BCUT2D eigenvalue weighted by Gasteiger charge is 2.31. The number of ether oxygens (including phenoxy) is 1. The van der Waals surface area contributed by atoms with Gasteiger partial charge in [-0.2, -0.15) is 0 Å². The lowest BCUT2D eigenvalue weighted by molar-refractivity contribution is 0.470. The fourth-order valence-electron chi connectivity index (χ4n) is 7.55. The zero-order valence-corrected chi connectivity index (χ0v) is 26.7. The molecule has 1 aliphatic heterocycles. The van der Waals surface area contributed by atoms with Gasteiger partial charge < -0.3 is 9.30 Å². The average molecular weight is 634 g/mol. The second-order valence-electron chi connectivity index (χ2n) is 12.1. The molecule has 226 valence electrons. The number of aromatic nitrogens is 1. The lowest BCUT2D eigenvalue weighted by atomic mass is 9.99. The summed E-state index contributed by atoms with van der Waals surface area (Å²) < 4.78 is 11.6. The second-order valence-corrected chi connectivity index (χ2v) is 13.2. The topological polar surface area (TPSA) is 38.9 Å². The molecule has 0 spiro atoms. The number of fused-ring (bicyclic) bond motifs is 13. The molecule has 1 aliphatic rings. The first-order chi connectivity index (χ1) is 23.8. The van der Waals surface area contributed by atoms with E-state index in [1.807, 2.05) is 47.7 Å². The number of rotatable bonds is 4. The van der Waals surface area contributed by atoms with Crippen LogP contribution in [0.5, 0.6) is 5.75 Å². The molecule has 0 N–H and O–H groups in total. The molecule has 10 rings (SSSR count). The Hall–Kier alpha value is -6.04. The molecule has 0 amide bonds. The summed E-state index contributed by atoms with van der Waals surface area (Å²) in [5.74, 6) is 1.40. The Labute approximate surface area is 280 Å². The SMILES string of the molecule is C=N/C(=C1/Oc2ccc3ccccc3c2/C1=N/Cn1c2ccccc2c2c3ccccc3c3sc4ccccc4c3c21)c1ccccc1. The van der Waals surface area contributed by atoms with Gasteiger partial charge in [-0.15, -0.1) is 11.3 Å². The van der Waals surface area contributed by atoms with E-state index in [0.717, 1.165) is 38.9 Å². The fraction of sp³-hybridized carbons (Fsp3) is 0.0233. The maximum atomic E-state index is 6.66. The number of allylic oxidation sites excluding steroid dienone is 1. The smallest absolute Gasteiger partial charge is 0.179 e. The van der Waals surface area contributed by atoms with Crippen LogP contribution in [0.2, 0.25) is 0 Å². The summed E-state index contributed by atoms with van der Waals surface area (Å²) in [6, 6.07) is 49.0. The van der Waals surface area contributed by atoms with Gasteiger partial charge in [0, 0.05) is 41.9 Å². The van der Waals surface area contributed by atoms with Crippen molar-refractivity contribution in [2.45, 2.75) is 6.67 Å². The van der Waals surface area contributed by atoms with Gasteiger partial charge in [0.2, 0.25) is 0 Å². The lowest BCUT2D eigenvalue weighted by Crippen LogP contribution is -2.07. The number of thiophene rings is 1. The maximum Gasteiger partial charge on any atom is 0.179 e. The molecule has 5 heteroatoms. The van der Waals surface area contributed by atoms with Crippen molar-refractivity contribution in [1.29, 1.82) is 0 Å². The van der Waals surface area contributed by atoms with E-state index in [1.54, 1.807) is 0 Å². The van der Waals surface area contributed by atoms with Gasteiger partial charge in [0.05, 0.1) is 16.6 Å². The maximum absolute atomic E-state index is 6.66. The molecule has 0 bridgehead atoms. The quantitative estimate of drug-likeness (QED) is 0.178. The van der Waals surface area contributed by atoms with Crippen LogP contribution in [0.1, 0.15) is 11.1 Å².